The van der Waals surface area contributed by atoms with Gasteiger partial charge < -0.3 is 15.0 Å². The number of ether oxygens (including phenoxy) is 1. The molecule has 2 heterocycles. The van der Waals surface area contributed by atoms with Crippen LogP contribution in [0.2, 0.25) is 0 Å². The lowest BCUT2D eigenvalue weighted by Crippen LogP contribution is -2.33. The van der Waals surface area contributed by atoms with Crippen LogP contribution < -0.4 is 10.2 Å². The molecule has 0 radical (unpaired) electrons. The van der Waals surface area contributed by atoms with Crippen molar-refractivity contribution in [2.24, 2.45) is 0 Å². The van der Waals surface area contributed by atoms with Gasteiger partial charge in [0, 0.05) is 31.4 Å². The Balaban J connectivity index is 1.49. The highest BCUT2D eigenvalue weighted by Crippen LogP contribution is 2.24. The predicted molar refractivity (Wildman–Crippen MR) is 109 cm³/mol. The SMILES string of the molecule is CN(C(=O)c1cc(-c2cccc(C#N)c2)n[nH]1)c1ccc([C@H]2CNCCO2)cc1. The van der Waals surface area contributed by atoms with Gasteiger partial charge in [0.15, 0.2) is 0 Å². The van der Waals surface area contributed by atoms with Gasteiger partial charge in [-0.2, -0.15) is 10.4 Å². The number of amides is 1. The minimum Gasteiger partial charge on any atom is -0.371 e. The fraction of sp³-hybridized carbons (Fsp3) is 0.227. The topological polar surface area (TPSA) is 94.0 Å². The number of nitrogens with zero attached hydrogens (tertiary/aromatic N) is 3. The van der Waals surface area contributed by atoms with E-state index in [1.807, 2.05) is 30.3 Å². The van der Waals surface area contributed by atoms with Crippen LogP contribution in [0.1, 0.15) is 27.7 Å². The second-order valence-corrected chi connectivity index (χ2v) is 6.88. The molecule has 7 heteroatoms. The van der Waals surface area contributed by atoms with Crippen molar-refractivity contribution in [2.45, 2.75) is 6.10 Å². The van der Waals surface area contributed by atoms with Crippen molar-refractivity contribution in [3.8, 4) is 17.3 Å². The lowest BCUT2D eigenvalue weighted by atomic mass is 10.1. The molecular formula is C22H21N5O2. The van der Waals surface area contributed by atoms with E-state index in [9.17, 15) is 4.79 Å². The highest BCUT2D eigenvalue weighted by atomic mass is 16.5. The molecular weight excluding hydrogens is 366 g/mol. The van der Waals surface area contributed by atoms with Crippen LogP contribution in [-0.4, -0.2) is 42.8 Å². The summed E-state index contributed by atoms with van der Waals surface area (Å²) in [5.41, 5.74) is 4.21. The third-order valence-electron chi connectivity index (χ3n) is 4.98. The maximum Gasteiger partial charge on any atom is 0.276 e. The molecule has 4 rings (SSSR count). The van der Waals surface area contributed by atoms with Crippen LogP contribution in [0, 0.1) is 11.3 Å². The minimum atomic E-state index is -0.191. The molecule has 0 bridgehead atoms. The summed E-state index contributed by atoms with van der Waals surface area (Å²) in [6, 6.07) is 18.7. The number of rotatable bonds is 4. The summed E-state index contributed by atoms with van der Waals surface area (Å²) in [5, 5.41) is 19.4. The third kappa shape index (κ3) is 4.04. The first-order valence-corrected chi connectivity index (χ1v) is 9.42. The molecule has 1 aromatic heterocycles. The molecule has 1 fully saturated rings. The molecule has 1 amide bonds. The molecule has 0 aliphatic carbocycles. The van der Waals surface area contributed by atoms with E-state index in [4.69, 9.17) is 10.00 Å². The van der Waals surface area contributed by atoms with E-state index >= 15 is 0 Å². The number of aromatic amines is 1. The first-order valence-electron chi connectivity index (χ1n) is 9.42. The summed E-state index contributed by atoms with van der Waals surface area (Å²) < 4.78 is 5.77. The van der Waals surface area contributed by atoms with Gasteiger partial charge >= 0.3 is 0 Å². The summed E-state index contributed by atoms with van der Waals surface area (Å²) in [4.78, 5) is 14.4. The number of H-pyrrole nitrogens is 1. The molecule has 1 aliphatic heterocycles. The number of carbonyl (C=O) groups excluding carboxylic acids is 1. The highest BCUT2D eigenvalue weighted by molar-refractivity contribution is 6.04. The van der Waals surface area contributed by atoms with E-state index in [0.717, 1.165) is 29.9 Å². The number of nitriles is 1. The Bertz CT molecular complexity index is 1050. The number of morpholine rings is 1. The van der Waals surface area contributed by atoms with E-state index in [1.165, 1.54) is 0 Å². The van der Waals surface area contributed by atoms with Gasteiger partial charge in [0.25, 0.3) is 5.91 Å². The Labute approximate surface area is 168 Å². The lowest BCUT2D eigenvalue weighted by Gasteiger charge is -2.24. The summed E-state index contributed by atoms with van der Waals surface area (Å²) in [5.74, 6) is -0.191. The van der Waals surface area contributed by atoms with Crippen molar-refractivity contribution in [2.75, 3.05) is 31.6 Å². The molecule has 1 atom stereocenters. The number of benzene rings is 2. The van der Waals surface area contributed by atoms with Crippen molar-refractivity contribution in [3.63, 3.8) is 0 Å². The minimum absolute atomic E-state index is 0.0400. The molecule has 0 spiro atoms. The zero-order valence-corrected chi connectivity index (χ0v) is 16.1. The molecule has 0 saturated carbocycles. The average molecular weight is 387 g/mol. The molecule has 3 aromatic rings. The first kappa shape index (κ1) is 18.9. The molecule has 2 N–H and O–H groups in total. The number of hydrogen-bond acceptors (Lipinski definition) is 5. The molecule has 0 unspecified atom stereocenters. The second kappa shape index (κ2) is 8.27. The largest absolute Gasteiger partial charge is 0.371 e. The van der Waals surface area contributed by atoms with Crippen LogP contribution in [0.3, 0.4) is 0 Å². The molecule has 1 saturated heterocycles. The fourth-order valence-corrected chi connectivity index (χ4v) is 3.32. The summed E-state index contributed by atoms with van der Waals surface area (Å²) in [6.07, 6.45) is 0.0400. The molecule has 29 heavy (non-hydrogen) atoms. The van der Waals surface area contributed by atoms with Crippen LogP contribution in [0.25, 0.3) is 11.3 Å². The second-order valence-electron chi connectivity index (χ2n) is 6.88. The van der Waals surface area contributed by atoms with Gasteiger partial charge in [-0.3, -0.25) is 9.89 Å². The number of aromatic nitrogens is 2. The number of carbonyl (C=O) groups is 1. The van der Waals surface area contributed by atoms with E-state index in [1.54, 1.807) is 36.2 Å². The first-order chi connectivity index (χ1) is 14.2. The number of hydrogen-bond donors (Lipinski definition) is 2. The van der Waals surface area contributed by atoms with E-state index in [0.29, 0.717) is 23.6 Å². The van der Waals surface area contributed by atoms with Crippen LogP contribution in [0.15, 0.2) is 54.6 Å². The van der Waals surface area contributed by atoms with Gasteiger partial charge in [-0.15, -0.1) is 0 Å². The Morgan fingerprint density at radius 2 is 2.07 bits per heavy atom. The Kier molecular flexibility index (Phi) is 5.38. The van der Waals surface area contributed by atoms with Crippen molar-refractivity contribution < 1.29 is 9.53 Å². The van der Waals surface area contributed by atoms with E-state index in [2.05, 4.69) is 21.6 Å². The molecule has 2 aromatic carbocycles. The fourth-order valence-electron chi connectivity index (χ4n) is 3.32. The Hall–Kier alpha value is -3.47. The zero-order valence-electron chi connectivity index (χ0n) is 16.1. The number of anilines is 1. The van der Waals surface area contributed by atoms with Crippen molar-refractivity contribution in [1.82, 2.24) is 15.5 Å². The van der Waals surface area contributed by atoms with Gasteiger partial charge in [-0.25, -0.2) is 0 Å². The Morgan fingerprint density at radius 3 is 2.79 bits per heavy atom. The number of nitrogens with one attached hydrogen (secondary N) is 2. The van der Waals surface area contributed by atoms with Gasteiger partial charge in [-0.05, 0) is 35.9 Å². The van der Waals surface area contributed by atoms with Gasteiger partial charge in [0.1, 0.15) is 5.69 Å². The lowest BCUT2D eigenvalue weighted by molar-refractivity contribution is 0.0277. The zero-order chi connectivity index (χ0) is 20.2. The van der Waals surface area contributed by atoms with Gasteiger partial charge in [0.05, 0.1) is 30.0 Å². The van der Waals surface area contributed by atoms with Crippen LogP contribution in [0.5, 0.6) is 0 Å². The quantitative estimate of drug-likeness (QED) is 0.718. The smallest absolute Gasteiger partial charge is 0.276 e. The normalized spacial score (nSPS) is 16.2. The van der Waals surface area contributed by atoms with Gasteiger partial charge in [-0.1, -0.05) is 24.3 Å². The third-order valence-corrected chi connectivity index (χ3v) is 4.98. The standard InChI is InChI=1S/C22H21N5O2/c1-27(18-7-5-16(6-8-18)21-14-24-9-10-29-21)22(28)20-12-19(25-26-20)17-4-2-3-15(11-17)13-23/h2-8,11-12,21,24H,9-10,14H2,1H3,(H,25,26)/t21-/m1/s1. The monoisotopic (exact) mass is 387 g/mol. The molecule has 1 aliphatic rings. The van der Waals surface area contributed by atoms with E-state index in [-0.39, 0.29) is 12.0 Å². The average Bonchev–Trinajstić information content (AvgIpc) is 3.29. The van der Waals surface area contributed by atoms with Crippen LogP contribution >= 0.6 is 0 Å². The van der Waals surface area contributed by atoms with Crippen LogP contribution in [-0.2, 0) is 4.74 Å². The molecule has 7 nitrogen and oxygen atoms in total. The summed E-state index contributed by atoms with van der Waals surface area (Å²) in [7, 11) is 1.73. The van der Waals surface area contributed by atoms with Crippen molar-refractivity contribution >= 4 is 11.6 Å². The Morgan fingerprint density at radius 1 is 1.24 bits per heavy atom. The van der Waals surface area contributed by atoms with Crippen molar-refractivity contribution in [3.05, 3.63) is 71.4 Å². The summed E-state index contributed by atoms with van der Waals surface area (Å²) in [6.45, 7) is 2.36. The summed E-state index contributed by atoms with van der Waals surface area (Å²) >= 11 is 0. The maximum absolute atomic E-state index is 12.9. The predicted octanol–water partition coefficient (Wildman–Crippen LogP) is 2.89. The highest BCUT2D eigenvalue weighted by Gasteiger charge is 2.19. The molecule has 146 valence electrons. The van der Waals surface area contributed by atoms with Gasteiger partial charge in [0.2, 0.25) is 0 Å². The van der Waals surface area contributed by atoms with E-state index < -0.39 is 0 Å². The van der Waals surface area contributed by atoms with Crippen LogP contribution in [0.4, 0.5) is 5.69 Å². The van der Waals surface area contributed by atoms with Crippen molar-refractivity contribution in [1.29, 1.82) is 5.26 Å². The maximum atomic E-state index is 12.9.